The molecular weight excluding hydrogens is 176 g/mol. The zero-order valence-electron chi connectivity index (χ0n) is 6.62. The zero-order valence-corrected chi connectivity index (χ0v) is 7.38. The number of halogens is 1. The normalized spacial score (nSPS) is 9.50. The Morgan fingerprint density at radius 2 is 1.92 bits per heavy atom. The largest absolute Gasteiger partial charge is 0.350 e. The molecule has 64 valence electrons. The second kappa shape index (κ2) is 3.45. The van der Waals surface area contributed by atoms with Crippen LogP contribution in [-0.2, 0) is 0 Å². The number of amides is 2. The van der Waals surface area contributed by atoms with Crippen LogP contribution in [0.4, 0.5) is 10.5 Å². The molecule has 0 aliphatic rings. The molecule has 0 aromatic heterocycles. The Kier molecular flexibility index (Phi) is 2.55. The van der Waals surface area contributed by atoms with Crippen molar-refractivity contribution >= 4 is 23.5 Å². The first-order valence-electron chi connectivity index (χ1n) is 3.43. The highest BCUT2D eigenvalue weighted by Gasteiger charge is 2.07. The maximum atomic E-state index is 10.6. The highest BCUT2D eigenvalue weighted by Crippen LogP contribution is 2.16. The SMILES string of the molecule is Cc1ccc(N(Cl)C(N)=O)cc1. The molecule has 0 atom stereocenters. The van der Waals surface area contributed by atoms with Gasteiger partial charge >= 0.3 is 6.03 Å². The average Bonchev–Trinajstić information content (AvgIpc) is 2.04. The molecule has 12 heavy (non-hydrogen) atoms. The summed E-state index contributed by atoms with van der Waals surface area (Å²) in [5, 5.41) is 0. The standard InChI is InChI=1S/C8H9ClN2O/c1-6-2-4-7(5-3-6)11(9)8(10)12/h2-5H,1H3,(H2,10,12). The number of aryl methyl sites for hydroxylation is 1. The van der Waals surface area contributed by atoms with Crippen molar-refractivity contribution in [1.82, 2.24) is 0 Å². The Labute approximate surface area is 75.8 Å². The van der Waals surface area contributed by atoms with Crippen LogP contribution in [0.25, 0.3) is 0 Å². The Hall–Kier alpha value is -1.22. The van der Waals surface area contributed by atoms with Gasteiger partial charge in [-0.1, -0.05) is 17.7 Å². The Morgan fingerprint density at radius 1 is 1.42 bits per heavy atom. The van der Waals surface area contributed by atoms with E-state index in [9.17, 15) is 4.79 Å². The molecule has 1 rings (SSSR count). The Bertz CT molecular complexity index is 284. The van der Waals surface area contributed by atoms with Crippen LogP contribution < -0.4 is 10.2 Å². The summed E-state index contributed by atoms with van der Waals surface area (Å²) in [6.07, 6.45) is 0. The van der Waals surface area contributed by atoms with Gasteiger partial charge in [0.1, 0.15) is 0 Å². The number of urea groups is 1. The predicted molar refractivity (Wildman–Crippen MR) is 49.1 cm³/mol. The molecule has 0 heterocycles. The summed E-state index contributed by atoms with van der Waals surface area (Å²) in [6, 6.07) is 6.49. The molecule has 0 aliphatic carbocycles. The van der Waals surface area contributed by atoms with E-state index in [1.54, 1.807) is 12.1 Å². The molecule has 0 unspecified atom stereocenters. The summed E-state index contributed by atoms with van der Waals surface area (Å²) in [5.41, 5.74) is 6.64. The maximum absolute atomic E-state index is 10.6. The summed E-state index contributed by atoms with van der Waals surface area (Å²) in [4.78, 5) is 10.6. The number of nitrogens with two attached hydrogens (primary N) is 1. The number of rotatable bonds is 1. The van der Waals surface area contributed by atoms with Crippen LogP contribution in [-0.4, -0.2) is 6.03 Å². The lowest BCUT2D eigenvalue weighted by Crippen LogP contribution is -2.26. The van der Waals surface area contributed by atoms with Gasteiger partial charge in [-0.3, -0.25) is 0 Å². The third kappa shape index (κ3) is 1.89. The monoisotopic (exact) mass is 184 g/mol. The molecule has 1 aromatic rings. The van der Waals surface area contributed by atoms with E-state index in [-0.39, 0.29) is 0 Å². The maximum Gasteiger partial charge on any atom is 0.334 e. The van der Waals surface area contributed by atoms with E-state index in [2.05, 4.69) is 0 Å². The minimum atomic E-state index is -0.680. The van der Waals surface area contributed by atoms with Gasteiger partial charge in [0.05, 0.1) is 5.69 Å². The van der Waals surface area contributed by atoms with Crippen molar-refractivity contribution in [3.05, 3.63) is 29.8 Å². The highest BCUT2D eigenvalue weighted by atomic mass is 35.5. The smallest absolute Gasteiger partial charge is 0.334 e. The highest BCUT2D eigenvalue weighted by molar-refractivity contribution is 6.36. The minimum absolute atomic E-state index is 0.578. The molecule has 4 heteroatoms. The fourth-order valence-electron chi connectivity index (χ4n) is 0.803. The summed E-state index contributed by atoms with van der Waals surface area (Å²) >= 11 is 5.55. The lowest BCUT2D eigenvalue weighted by atomic mass is 10.2. The van der Waals surface area contributed by atoms with E-state index >= 15 is 0 Å². The molecule has 2 N–H and O–H groups in total. The van der Waals surface area contributed by atoms with E-state index in [0.29, 0.717) is 5.69 Å². The third-order valence-electron chi connectivity index (χ3n) is 1.45. The fourth-order valence-corrected chi connectivity index (χ4v) is 0.916. The summed E-state index contributed by atoms with van der Waals surface area (Å²) < 4.78 is 0.874. The number of hydrogen-bond acceptors (Lipinski definition) is 1. The van der Waals surface area contributed by atoms with Gasteiger partial charge in [0.2, 0.25) is 0 Å². The van der Waals surface area contributed by atoms with E-state index in [0.717, 1.165) is 9.98 Å². The number of benzene rings is 1. The topological polar surface area (TPSA) is 46.3 Å². The lowest BCUT2D eigenvalue weighted by Gasteiger charge is -2.09. The van der Waals surface area contributed by atoms with Gasteiger partial charge in [-0.25, -0.2) is 9.21 Å². The molecule has 0 fully saturated rings. The number of anilines is 1. The zero-order chi connectivity index (χ0) is 9.14. The van der Waals surface area contributed by atoms with Crippen molar-refractivity contribution in [3.8, 4) is 0 Å². The lowest BCUT2D eigenvalue weighted by molar-refractivity contribution is 0.257. The molecule has 0 bridgehead atoms. The molecule has 0 aliphatic heterocycles. The number of nitrogens with zero attached hydrogens (tertiary/aromatic N) is 1. The van der Waals surface area contributed by atoms with Gasteiger partial charge in [-0.15, -0.1) is 0 Å². The quantitative estimate of drug-likeness (QED) is 0.667. The van der Waals surface area contributed by atoms with Crippen LogP contribution in [0, 0.1) is 6.92 Å². The average molecular weight is 185 g/mol. The van der Waals surface area contributed by atoms with E-state index in [1.165, 1.54) is 0 Å². The summed E-state index contributed by atoms with van der Waals surface area (Å²) in [6.45, 7) is 1.95. The molecule has 0 saturated heterocycles. The molecule has 1 aromatic carbocycles. The van der Waals surface area contributed by atoms with Crippen molar-refractivity contribution < 1.29 is 4.79 Å². The van der Waals surface area contributed by atoms with Crippen LogP contribution in [0.3, 0.4) is 0 Å². The van der Waals surface area contributed by atoms with Crippen LogP contribution in [0.2, 0.25) is 0 Å². The Balaban J connectivity index is 2.89. The van der Waals surface area contributed by atoms with E-state index in [4.69, 9.17) is 17.5 Å². The fraction of sp³-hybridized carbons (Fsp3) is 0.125. The van der Waals surface area contributed by atoms with Gasteiger partial charge in [-0.2, -0.15) is 0 Å². The van der Waals surface area contributed by atoms with Crippen LogP contribution in [0.5, 0.6) is 0 Å². The van der Waals surface area contributed by atoms with Crippen LogP contribution in [0.1, 0.15) is 5.56 Å². The number of carbonyl (C=O) groups is 1. The predicted octanol–water partition coefficient (Wildman–Crippen LogP) is 2.03. The number of primary amides is 1. The van der Waals surface area contributed by atoms with Crippen LogP contribution >= 0.6 is 11.8 Å². The molecular formula is C8H9ClN2O. The Morgan fingerprint density at radius 3 is 2.33 bits per heavy atom. The van der Waals surface area contributed by atoms with Crippen molar-refractivity contribution in [2.75, 3.05) is 4.42 Å². The first kappa shape index (κ1) is 8.87. The molecule has 0 spiro atoms. The first-order chi connectivity index (χ1) is 5.61. The molecule has 0 saturated carbocycles. The van der Waals surface area contributed by atoms with Gasteiger partial charge in [0.15, 0.2) is 0 Å². The van der Waals surface area contributed by atoms with Crippen molar-refractivity contribution in [2.45, 2.75) is 6.92 Å². The van der Waals surface area contributed by atoms with Crippen molar-refractivity contribution in [3.63, 3.8) is 0 Å². The first-order valence-corrected chi connectivity index (χ1v) is 3.77. The summed E-state index contributed by atoms with van der Waals surface area (Å²) in [5.74, 6) is 0. The van der Waals surface area contributed by atoms with Gasteiger partial charge in [-0.05, 0) is 19.1 Å². The van der Waals surface area contributed by atoms with E-state index in [1.807, 2.05) is 19.1 Å². The van der Waals surface area contributed by atoms with Gasteiger partial charge in [0.25, 0.3) is 0 Å². The number of carbonyl (C=O) groups excluding carboxylic acids is 1. The van der Waals surface area contributed by atoms with Gasteiger partial charge < -0.3 is 5.73 Å². The minimum Gasteiger partial charge on any atom is -0.350 e. The van der Waals surface area contributed by atoms with Crippen molar-refractivity contribution in [1.29, 1.82) is 0 Å². The molecule has 3 nitrogen and oxygen atoms in total. The summed E-state index contributed by atoms with van der Waals surface area (Å²) in [7, 11) is 0. The van der Waals surface area contributed by atoms with Crippen LogP contribution in [0.15, 0.2) is 24.3 Å². The second-order valence-corrected chi connectivity index (χ2v) is 2.79. The third-order valence-corrected chi connectivity index (χ3v) is 1.82. The van der Waals surface area contributed by atoms with Crippen molar-refractivity contribution in [2.24, 2.45) is 5.73 Å². The number of hydrogen-bond donors (Lipinski definition) is 1. The van der Waals surface area contributed by atoms with Gasteiger partial charge in [0, 0.05) is 11.8 Å². The molecule has 2 amide bonds. The molecule has 0 radical (unpaired) electrons. The van der Waals surface area contributed by atoms with E-state index < -0.39 is 6.03 Å². The second-order valence-electron chi connectivity index (χ2n) is 2.45.